The summed E-state index contributed by atoms with van der Waals surface area (Å²) in [5, 5.41) is 8.79. The van der Waals surface area contributed by atoms with Gasteiger partial charge < -0.3 is 9.84 Å². The second kappa shape index (κ2) is 9.63. The van der Waals surface area contributed by atoms with Gasteiger partial charge in [-0.25, -0.2) is 0 Å². The molecule has 0 aliphatic carbocycles. The minimum absolute atomic E-state index is 0.129. The molecule has 1 aromatic carbocycles. The average Bonchev–Trinajstić information content (AvgIpc) is 2.42. The van der Waals surface area contributed by atoms with Crippen molar-refractivity contribution in [3.05, 3.63) is 59.7 Å². The van der Waals surface area contributed by atoms with Crippen LogP contribution in [0.5, 0.6) is 0 Å². The van der Waals surface area contributed by atoms with Crippen LogP contribution < -0.4 is 0 Å². The van der Waals surface area contributed by atoms with Crippen LogP contribution in [-0.2, 0) is 11.3 Å². The quantitative estimate of drug-likeness (QED) is 0.562. The minimum atomic E-state index is 0.129. The second-order valence-corrected chi connectivity index (χ2v) is 4.28. The van der Waals surface area contributed by atoms with Crippen LogP contribution in [0.25, 0.3) is 0 Å². The van der Waals surface area contributed by atoms with Gasteiger partial charge in [0.25, 0.3) is 0 Å². The van der Waals surface area contributed by atoms with Crippen LogP contribution in [0, 0.1) is 0 Å². The van der Waals surface area contributed by atoms with Gasteiger partial charge in [-0.3, -0.25) is 0 Å². The molecule has 0 spiro atoms. The van der Waals surface area contributed by atoms with E-state index in [9.17, 15) is 0 Å². The predicted octanol–water partition coefficient (Wildman–Crippen LogP) is 3.48. The van der Waals surface area contributed by atoms with E-state index in [0.29, 0.717) is 6.61 Å². The van der Waals surface area contributed by atoms with E-state index in [-0.39, 0.29) is 6.61 Å². The molecule has 0 aromatic heterocycles. The molecule has 18 heavy (non-hydrogen) atoms. The summed E-state index contributed by atoms with van der Waals surface area (Å²) in [7, 11) is 0. The molecule has 0 atom stereocenters. The number of unbranched alkanes of at least 4 members (excludes halogenated alkanes) is 1. The molecule has 0 saturated carbocycles. The Balaban J connectivity index is 2.02. The Morgan fingerprint density at radius 3 is 2.78 bits per heavy atom. The largest absolute Gasteiger partial charge is 0.392 e. The van der Waals surface area contributed by atoms with Crippen LogP contribution >= 0.6 is 0 Å². The van der Waals surface area contributed by atoms with Crippen molar-refractivity contribution < 1.29 is 9.84 Å². The molecule has 98 valence electrons. The molecule has 0 heterocycles. The van der Waals surface area contributed by atoms with Gasteiger partial charge in [-0.05, 0) is 30.9 Å². The van der Waals surface area contributed by atoms with Crippen LogP contribution in [0.3, 0.4) is 0 Å². The molecule has 2 heteroatoms. The van der Waals surface area contributed by atoms with E-state index >= 15 is 0 Å². The lowest BCUT2D eigenvalue weighted by Gasteiger charge is -2.02. The Hall–Kier alpha value is -1.38. The van der Waals surface area contributed by atoms with E-state index in [4.69, 9.17) is 9.84 Å². The first-order valence-corrected chi connectivity index (χ1v) is 6.37. The lowest BCUT2D eigenvalue weighted by Crippen LogP contribution is -1.94. The fourth-order valence-corrected chi connectivity index (χ4v) is 1.45. The zero-order valence-corrected chi connectivity index (χ0v) is 11.0. The van der Waals surface area contributed by atoms with Crippen LogP contribution in [0.1, 0.15) is 25.3 Å². The Kier molecular flexibility index (Phi) is 7.85. The fourth-order valence-electron chi connectivity index (χ4n) is 1.45. The van der Waals surface area contributed by atoms with E-state index < -0.39 is 0 Å². The highest BCUT2D eigenvalue weighted by Gasteiger charge is 1.90. The second-order valence-electron chi connectivity index (χ2n) is 4.28. The Bertz CT molecular complexity index is 366. The molecule has 0 radical (unpaired) electrons. The maximum absolute atomic E-state index is 8.79. The van der Waals surface area contributed by atoms with Crippen molar-refractivity contribution >= 4 is 0 Å². The third-order valence-corrected chi connectivity index (χ3v) is 2.54. The molecule has 0 amide bonds. The van der Waals surface area contributed by atoms with Gasteiger partial charge in [-0.15, -0.1) is 0 Å². The SMILES string of the molecule is C/C(=C\C=C\CCCOCc1ccccc1)CO. The summed E-state index contributed by atoms with van der Waals surface area (Å²) in [4.78, 5) is 0. The number of benzene rings is 1. The van der Waals surface area contributed by atoms with Crippen LogP contribution in [0.15, 0.2) is 54.1 Å². The van der Waals surface area contributed by atoms with E-state index in [1.165, 1.54) is 5.56 Å². The lowest BCUT2D eigenvalue weighted by molar-refractivity contribution is 0.119. The third-order valence-electron chi connectivity index (χ3n) is 2.54. The highest BCUT2D eigenvalue weighted by molar-refractivity contribution is 5.13. The smallest absolute Gasteiger partial charge is 0.0716 e. The molecule has 0 fully saturated rings. The van der Waals surface area contributed by atoms with Gasteiger partial charge in [0.1, 0.15) is 0 Å². The van der Waals surface area contributed by atoms with E-state index in [1.807, 2.05) is 37.3 Å². The first kappa shape index (κ1) is 14.7. The van der Waals surface area contributed by atoms with E-state index in [2.05, 4.69) is 18.2 Å². The monoisotopic (exact) mass is 246 g/mol. The number of aliphatic hydroxyl groups is 1. The number of rotatable bonds is 8. The van der Waals surface area contributed by atoms with Crippen molar-refractivity contribution in [3.8, 4) is 0 Å². The normalized spacial score (nSPS) is 12.2. The van der Waals surface area contributed by atoms with E-state index in [1.54, 1.807) is 0 Å². The molecule has 2 nitrogen and oxygen atoms in total. The fraction of sp³-hybridized carbons (Fsp3) is 0.375. The first-order chi connectivity index (χ1) is 8.83. The minimum Gasteiger partial charge on any atom is -0.392 e. The van der Waals surface area contributed by atoms with Gasteiger partial charge in [0, 0.05) is 6.61 Å². The average molecular weight is 246 g/mol. The molecule has 1 N–H and O–H groups in total. The summed E-state index contributed by atoms with van der Waals surface area (Å²) in [6.45, 7) is 3.51. The highest BCUT2D eigenvalue weighted by Crippen LogP contribution is 2.02. The third kappa shape index (κ3) is 7.05. The molecule has 0 aliphatic rings. The summed E-state index contributed by atoms with van der Waals surface area (Å²) in [6, 6.07) is 10.2. The van der Waals surface area contributed by atoms with Crippen molar-refractivity contribution in [1.29, 1.82) is 0 Å². The Labute approximate surface area is 110 Å². The van der Waals surface area contributed by atoms with Crippen molar-refractivity contribution in [3.63, 3.8) is 0 Å². The van der Waals surface area contributed by atoms with Gasteiger partial charge in [-0.1, -0.05) is 48.6 Å². The Morgan fingerprint density at radius 1 is 1.28 bits per heavy atom. The van der Waals surface area contributed by atoms with Crippen molar-refractivity contribution in [2.45, 2.75) is 26.4 Å². The van der Waals surface area contributed by atoms with Gasteiger partial charge in [0.2, 0.25) is 0 Å². The number of hydrogen-bond acceptors (Lipinski definition) is 2. The summed E-state index contributed by atoms with van der Waals surface area (Å²) in [6.07, 6.45) is 8.05. The standard InChI is InChI=1S/C16H22O2/c1-15(13-17)9-5-2-3-8-12-18-14-16-10-6-4-7-11-16/h2,4-7,9-11,17H,3,8,12-14H2,1H3/b5-2+,15-9+. The Morgan fingerprint density at radius 2 is 2.06 bits per heavy atom. The zero-order valence-electron chi connectivity index (χ0n) is 11.0. The number of aliphatic hydroxyl groups excluding tert-OH is 1. The van der Waals surface area contributed by atoms with Gasteiger partial charge in [0.05, 0.1) is 13.2 Å². The van der Waals surface area contributed by atoms with Gasteiger partial charge in [0.15, 0.2) is 0 Å². The maximum Gasteiger partial charge on any atom is 0.0716 e. The maximum atomic E-state index is 8.79. The molecule has 0 saturated heterocycles. The molecule has 1 rings (SSSR count). The van der Waals surface area contributed by atoms with E-state index in [0.717, 1.165) is 25.0 Å². The van der Waals surface area contributed by atoms with Gasteiger partial charge in [-0.2, -0.15) is 0 Å². The van der Waals surface area contributed by atoms with Crippen molar-refractivity contribution in [2.24, 2.45) is 0 Å². The molecular formula is C16H22O2. The summed E-state index contributed by atoms with van der Waals surface area (Å²) < 4.78 is 5.58. The predicted molar refractivity (Wildman–Crippen MR) is 75.3 cm³/mol. The zero-order chi connectivity index (χ0) is 13.1. The topological polar surface area (TPSA) is 29.5 Å². The lowest BCUT2D eigenvalue weighted by atomic mass is 10.2. The molecule has 1 aromatic rings. The number of allylic oxidation sites excluding steroid dienone is 3. The molecule has 0 unspecified atom stereocenters. The van der Waals surface area contributed by atoms with Crippen molar-refractivity contribution in [1.82, 2.24) is 0 Å². The first-order valence-electron chi connectivity index (χ1n) is 6.37. The van der Waals surface area contributed by atoms with Gasteiger partial charge >= 0.3 is 0 Å². The summed E-state index contributed by atoms with van der Waals surface area (Å²) >= 11 is 0. The summed E-state index contributed by atoms with van der Waals surface area (Å²) in [5.41, 5.74) is 2.20. The number of ether oxygens (including phenoxy) is 1. The van der Waals surface area contributed by atoms with Crippen LogP contribution in [0.2, 0.25) is 0 Å². The molecule has 0 aliphatic heterocycles. The van der Waals surface area contributed by atoms with Crippen LogP contribution in [-0.4, -0.2) is 18.3 Å². The summed E-state index contributed by atoms with van der Waals surface area (Å²) in [5.74, 6) is 0. The molecule has 0 bridgehead atoms. The van der Waals surface area contributed by atoms with Crippen LogP contribution in [0.4, 0.5) is 0 Å². The highest BCUT2D eigenvalue weighted by atomic mass is 16.5. The van der Waals surface area contributed by atoms with Crippen molar-refractivity contribution in [2.75, 3.05) is 13.2 Å². The number of hydrogen-bond donors (Lipinski definition) is 1. The molecular weight excluding hydrogens is 224 g/mol.